The van der Waals surface area contributed by atoms with Gasteiger partial charge in [-0.3, -0.25) is 4.79 Å². The maximum Gasteiger partial charge on any atom is 0.240 e. The van der Waals surface area contributed by atoms with E-state index in [9.17, 15) is 4.79 Å². The molecule has 1 amide bonds. The number of amides is 1. The van der Waals surface area contributed by atoms with Crippen LogP contribution in [0, 0.1) is 5.92 Å². The molecule has 6 heteroatoms. The Morgan fingerprint density at radius 1 is 1.33 bits per heavy atom. The van der Waals surface area contributed by atoms with Crippen molar-refractivity contribution in [1.29, 1.82) is 0 Å². The van der Waals surface area contributed by atoms with E-state index in [1.165, 1.54) is 11.3 Å². The van der Waals surface area contributed by atoms with Crippen LogP contribution in [0.1, 0.15) is 13.8 Å². The minimum Gasteiger partial charge on any atom is -0.497 e. The normalized spacial score (nSPS) is 12.2. The van der Waals surface area contributed by atoms with Gasteiger partial charge in [0.05, 0.1) is 17.6 Å². The molecule has 2 rings (SSSR count). The Balaban J connectivity index is 2.08. The van der Waals surface area contributed by atoms with Crippen LogP contribution in [-0.4, -0.2) is 22.8 Å². The highest BCUT2D eigenvalue weighted by molar-refractivity contribution is 9.10. The van der Waals surface area contributed by atoms with Crippen molar-refractivity contribution >= 4 is 38.3 Å². The van der Waals surface area contributed by atoms with Crippen LogP contribution in [0.2, 0.25) is 0 Å². The molecule has 1 unspecified atom stereocenters. The Hall–Kier alpha value is -1.40. The zero-order valence-corrected chi connectivity index (χ0v) is 14.5. The Bertz CT molecular complexity index is 610. The summed E-state index contributed by atoms with van der Waals surface area (Å²) < 4.78 is 5.13. The molecule has 1 atom stereocenters. The van der Waals surface area contributed by atoms with E-state index in [0.717, 1.165) is 17.0 Å². The van der Waals surface area contributed by atoms with E-state index in [2.05, 4.69) is 26.2 Å². The van der Waals surface area contributed by atoms with E-state index < -0.39 is 0 Å². The quantitative estimate of drug-likeness (QED) is 0.805. The summed E-state index contributed by atoms with van der Waals surface area (Å²) in [7, 11) is 1.64. The summed E-state index contributed by atoms with van der Waals surface area (Å²) in [5.41, 5.74) is 1.83. The lowest BCUT2D eigenvalue weighted by molar-refractivity contribution is -0.116. The molecule has 1 aromatic carbocycles. The first-order valence-electron chi connectivity index (χ1n) is 6.56. The molecule has 0 saturated heterocycles. The van der Waals surface area contributed by atoms with Crippen molar-refractivity contribution in [1.82, 2.24) is 4.98 Å². The third-order valence-corrected chi connectivity index (χ3v) is 5.19. The highest BCUT2D eigenvalue weighted by Gasteiger charge is 2.19. The fraction of sp³-hybridized carbons (Fsp3) is 0.333. The highest BCUT2D eigenvalue weighted by atomic mass is 79.9. The first-order chi connectivity index (χ1) is 10.0. The smallest absolute Gasteiger partial charge is 0.240 e. The summed E-state index contributed by atoms with van der Waals surface area (Å²) in [4.78, 5) is 16.2. The molecule has 2 aromatic rings. The van der Waals surface area contributed by atoms with E-state index in [1.807, 2.05) is 43.5 Å². The van der Waals surface area contributed by atoms with E-state index in [0.29, 0.717) is 5.13 Å². The molecule has 0 saturated carbocycles. The zero-order valence-electron chi connectivity index (χ0n) is 12.1. The van der Waals surface area contributed by atoms with Crippen LogP contribution in [0.5, 0.6) is 5.75 Å². The molecule has 0 fully saturated rings. The largest absolute Gasteiger partial charge is 0.497 e. The van der Waals surface area contributed by atoms with Gasteiger partial charge in [-0.15, -0.1) is 11.3 Å². The molecule has 0 aliphatic heterocycles. The summed E-state index contributed by atoms with van der Waals surface area (Å²) >= 11 is 4.80. The van der Waals surface area contributed by atoms with E-state index in [4.69, 9.17) is 4.74 Å². The van der Waals surface area contributed by atoms with Gasteiger partial charge in [-0.25, -0.2) is 4.98 Å². The number of nitrogens with one attached hydrogen (secondary N) is 1. The van der Waals surface area contributed by atoms with Gasteiger partial charge in [0.25, 0.3) is 0 Å². The SMILES string of the molecule is COc1ccc(-c2csc(NC(=O)C(Br)C(C)C)n2)cc1. The third-order valence-electron chi connectivity index (χ3n) is 2.96. The number of anilines is 1. The Morgan fingerprint density at radius 3 is 2.57 bits per heavy atom. The molecule has 1 heterocycles. The van der Waals surface area contributed by atoms with Gasteiger partial charge in [-0.05, 0) is 30.2 Å². The molecule has 1 N–H and O–H groups in total. The van der Waals surface area contributed by atoms with Crippen LogP contribution >= 0.6 is 27.3 Å². The lowest BCUT2D eigenvalue weighted by Crippen LogP contribution is -2.26. The van der Waals surface area contributed by atoms with Gasteiger partial charge in [0.1, 0.15) is 5.75 Å². The average Bonchev–Trinajstić information content (AvgIpc) is 2.94. The number of rotatable bonds is 5. The summed E-state index contributed by atoms with van der Waals surface area (Å²) in [6.07, 6.45) is 0. The van der Waals surface area contributed by atoms with Crippen LogP contribution in [0.25, 0.3) is 11.3 Å². The molecular formula is C15H17BrN2O2S. The number of methoxy groups -OCH3 is 1. The number of hydrogen-bond donors (Lipinski definition) is 1. The maximum atomic E-state index is 12.0. The standard InChI is InChI=1S/C15H17BrN2O2S/c1-9(2)13(16)14(19)18-15-17-12(8-21-15)10-4-6-11(20-3)7-5-10/h4-9,13H,1-3H3,(H,17,18,19). The molecule has 0 radical (unpaired) electrons. The van der Waals surface area contributed by atoms with Crippen molar-refractivity contribution in [3.8, 4) is 17.0 Å². The number of ether oxygens (including phenoxy) is 1. The average molecular weight is 369 g/mol. The first kappa shape index (κ1) is 16.0. The number of nitrogens with zero attached hydrogens (tertiary/aromatic N) is 1. The number of carbonyl (C=O) groups is 1. The minimum atomic E-state index is -0.217. The van der Waals surface area contributed by atoms with E-state index >= 15 is 0 Å². The lowest BCUT2D eigenvalue weighted by Gasteiger charge is -2.11. The molecule has 0 aliphatic carbocycles. The van der Waals surface area contributed by atoms with Crippen LogP contribution in [-0.2, 0) is 4.79 Å². The summed E-state index contributed by atoms with van der Waals surface area (Å²) in [6.45, 7) is 3.98. The summed E-state index contributed by atoms with van der Waals surface area (Å²) in [6, 6.07) is 7.67. The van der Waals surface area contributed by atoms with Gasteiger partial charge in [0.2, 0.25) is 5.91 Å². The van der Waals surface area contributed by atoms with Crippen LogP contribution < -0.4 is 10.1 Å². The van der Waals surface area contributed by atoms with Crippen molar-refractivity contribution < 1.29 is 9.53 Å². The zero-order chi connectivity index (χ0) is 15.4. The van der Waals surface area contributed by atoms with Crippen molar-refractivity contribution in [2.75, 3.05) is 12.4 Å². The predicted octanol–water partition coefficient (Wildman–Crippen LogP) is 4.18. The van der Waals surface area contributed by atoms with Gasteiger partial charge in [-0.1, -0.05) is 29.8 Å². The second-order valence-electron chi connectivity index (χ2n) is 4.90. The van der Waals surface area contributed by atoms with Crippen LogP contribution in [0.3, 0.4) is 0 Å². The van der Waals surface area contributed by atoms with Gasteiger partial charge in [0.15, 0.2) is 5.13 Å². The fourth-order valence-corrected chi connectivity index (χ4v) is 2.54. The van der Waals surface area contributed by atoms with Crippen molar-refractivity contribution in [2.24, 2.45) is 5.92 Å². The molecule has 112 valence electrons. The number of aromatic nitrogens is 1. The number of thiazole rings is 1. The Morgan fingerprint density at radius 2 is 2.00 bits per heavy atom. The van der Waals surface area contributed by atoms with Gasteiger partial charge >= 0.3 is 0 Å². The van der Waals surface area contributed by atoms with Gasteiger partial charge in [-0.2, -0.15) is 0 Å². The minimum absolute atomic E-state index is 0.0689. The highest BCUT2D eigenvalue weighted by Crippen LogP contribution is 2.27. The number of hydrogen-bond acceptors (Lipinski definition) is 4. The summed E-state index contributed by atoms with van der Waals surface area (Å²) in [5, 5.41) is 5.37. The number of alkyl halides is 1. The van der Waals surface area contributed by atoms with Gasteiger partial charge in [0, 0.05) is 10.9 Å². The monoisotopic (exact) mass is 368 g/mol. The van der Waals surface area contributed by atoms with Crippen molar-refractivity contribution in [3.63, 3.8) is 0 Å². The second-order valence-corrected chi connectivity index (χ2v) is 6.75. The predicted molar refractivity (Wildman–Crippen MR) is 90.3 cm³/mol. The Kier molecular flexibility index (Phi) is 5.36. The van der Waals surface area contributed by atoms with Crippen molar-refractivity contribution in [3.05, 3.63) is 29.6 Å². The number of halogens is 1. The topological polar surface area (TPSA) is 51.2 Å². The lowest BCUT2D eigenvalue weighted by atomic mass is 10.1. The fourth-order valence-electron chi connectivity index (χ4n) is 1.70. The van der Waals surface area contributed by atoms with Crippen LogP contribution in [0.4, 0.5) is 5.13 Å². The van der Waals surface area contributed by atoms with E-state index in [1.54, 1.807) is 7.11 Å². The van der Waals surface area contributed by atoms with Crippen molar-refractivity contribution in [2.45, 2.75) is 18.7 Å². The third kappa shape index (κ3) is 4.04. The molecule has 0 aliphatic rings. The molecule has 0 bridgehead atoms. The van der Waals surface area contributed by atoms with Crippen LogP contribution in [0.15, 0.2) is 29.6 Å². The number of benzene rings is 1. The molecule has 0 spiro atoms. The molecule has 21 heavy (non-hydrogen) atoms. The molecular weight excluding hydrogens is 352 g/mol. The first-order valence-corrected chi connectivity index (χ1v) is 8.35. The molecule has 1 aromatic heterocycles. The maximum absolute atomic E-state index is 12.0. The Labute approximate surface area is 136 Å². The summed E-state index contributed by atoms with van der Waals surface area (Å²) in [5.74, 6) is 0.966. The second kappa shape index (κ2) is 7.04. The molecule has 4 nitrogen and oxygen atoms in total. The van der Waals surface area contributed by atoms with E-state index in [-0.39, 0.29) is 16.7 Å². The number of carbonyl (C=O) groups excluding carboxylic acids is 1. The van der Waals surface area contributed by atoms with Gasteiger partial charge < -0.3 is 10.1 Å².